The van der Waals surface area contributed by atoms with Crippen molar-refractivity contribution in [1.29, 1.82) is 0 Å². The molecule has 1 aromatic heterocycles. The first-order chi connectivity index (χ1) is 12.1. The van der Waals surface area contributed by atoms with Crippen molar-refractivity contribution in [2.45, 2.75) is 37.8 Å². The number of hydrogen-bond acceptors (Lipinski definition) is 5. The van der Waals surface area contributed by atoms with Gasteiger partial charge in [0.05, 0.1) is 12.2 Å². The van der Waals surface area contributed by atoms with Crippen LogP contribution < -0.4 is 15.6 Å². The number of thioether (sulfide) groups is 1. The molecule has 3 rings (SSSR count). The van der Waals surface area contributed by atoms with Crippen LogP contribution in [0.5, 0.6) is 5.75 Å². The van der Waals surface area contributed by atoms with Crippen molar-refractivity contribution in [2.75, 3.05) is 17.7 Å². The van der Waals surface area contributed by atoms with E-state index < -0.39 is 0 Å². The molecule has 0 saturated heterocycles. The molecule has 0 spiro atoms. The molecule has 0 saturated carbocycles. The average Bonchev–Trinajstić information content (AvgIpc) is 2.59. The van der Waals surface area contributed by atoms with Gasteiger partial charge in [0, 0.05) is 23.7 Å². The van der Waals surface area contributed by atoms with Gasteiger partial charge in [-0.1, -0.05) is 36.9 Å². The number of anilines is 1. The number of fused-ring (bicyclic) bond motifs is 1. The van der Waals surface area contributed by atoms with Crippen molar-refractivity contribution in [3.8, 4) is 5.75 Å². The minimum Gasteiger partial charge on any atom is -0.494 e. The van der Waals surface area contributed by atoms with Gasteiger partial charge in [-0.05, 0) is 19.4 Å². The fourth-order valence-corrected chi connectivity index (χ4v) is 3.66. The number of hydrogen-bond donors (Lipinski definition) is 2. The molecular weight excluding hydrogens is 338 g/mol. The van der Waals surface area contributed by atoms with Crippen molar-refractivity contribution in [2.24, 2.45) is 0 Å². The maximum atomic E-state index is 12.7. The van der Waals surface area contributed by atoms with E-state index in [1.54, 1.807) is 0 Å². The maximum absolute atomic E-state index is 12.7. The van der Waals surface area contributed by atoms with E-state index in [1.165, 1.54) is 11.8 Å². The highest BCUT2D eigenvalue weighted by molar-refractivity contribution is 7.99. The number of aromatic amines is 1. The summed E-state index contributed by atoms with van der Waals surface area (Å²) in [5.41, 5.74) is 1.12. The molecular formula is C18H21N3O3S. The number of para-hydroxylation sites is 1. The van der Waals surface area contributed by atoms with Crippen LogP contribution in [0, 0.1) is 0 Å². The van der Waals surface area contributed by atoms with E-state index in [2.05, 4.69) is 22.2 Å². The van der Waals surface area contributed by atoms with Gasteiger partial charge in [0.1, 0.15) is 11.6 Å². The minimum atomic E-state index is -0.368. The lowest BCUT2D eigenvalue weighted by Gasteiger charge is -2.25. The SMILES string of the molecule is CCCSc1nc2c(c(=O)[nH]1)[C@H](c1ccccc1OCC)CC(=O)N2. The number of carbonyl (C=O) groups is 1. The predicted molar refractivity (Wildman–Crippen MR) is 98.6 cm³/mol. The van der Waals surface area contributed by atoms with Gasteiger partial charge in [-0.15, -0.1) is 0 Å². The summed E-state index contributed by atoms with van der Waals surface area (Å²) in [4.78, 5) is 32.2. The van der Waals surface area contributed by atoms with Gasteiger partial charge >= 0.3 is 0 Å². The third kappa shape index (κ3) is 3.71. The van der Waals surface area contributed by atoms with Crippen molar-refractivity contribution in [1.82, 2.24) is 9.97 Å². The largest absolute Gasteiger partial charge is 0.494 e. The molecule has 0 bridgehead atoms. The zero-order valence-electron chi connectivity index (χ0n) is 14.3. The summed E-state index contributed by atoms with van der Waals surface area (Å²) in [6, 6.07) is 7.53. The van der Waals surface area contributed by atoms with Crippen molar-refractivity contribution >= 4 is 23.5 Å². The van der Waals surface area contributed by atoms with Crippen molar-refractivity contribution < 1.29 is 9.53 Å². The third-order valence-corrected chi connectivity index (χ3v) is 5.05. The Bertz CT molecular complexity index is 835. The summed E-state index contributed by atoms with van der Waals surface area (Å²) >= 11 is 1.47. The summed E-state index contributed by atoms with van der Waals surface area (Å²) in [7, 11) is 0. The molecule has 6 nitrogen and oxygen atoms in total. The molecule has 0 aliphatic carbocycles. The zero-order valence-corrected chi connectivity index (χ0v) is 15.1. The predicted octanol–water partition coefficient (Wildman–Crippen LogP) is 3.14. The summed E-state index contributed by atoms with van der Waals surface area (Å²) in [6.07, 6.45) is 1.17. The summed E-state index contributed by atoms with van der Waals surface area (Å²) in [5.74, 6) is 1.39. The van der Waals surface area contributed by atoms with Gasteiger partial charge < -0.3 is 15.0 Å². The smallest absolute Gasteiger partial charge is 0.257 e. The Kier molecular flexibility index (Phi) is 5.43. The molecule has 2 heterocycles. The Labute approximate surface area is 150 Å². The Morgan fingerprint density at radius 2 is 2.08 bits per heavy atom. The number of carbonyl (C=O) groups excluding carboxylic acids is 1. The van der Waals surface area contributed by atoms with Gasteiger partial charge in [-0.25, -0.2) is 4.98 Å². The Balaban J connectivity index is 2.08. The van der Waals surface area contributed by atoms with Crippen LogP contribution in [0.1, 0.15) is 43.7 Å². The fraction of sp³-hybridized carbons (Fsp3) is 0.389. The number of rotatable bonds is 6. The molecule has 2 N–H and O–H groups in total. The number of ether oxygens (including phenoxy) is 1. The van der Waals surface area contributed by atoms with E-state index in [1.807, 2.05) is 31.2 Å². The van der Waals surface area contributed by atoms with E-state index >= 15 is 0 Å². The first kappa shape index (κ1) is 17.5. The van der Waals surface area contributed by atoms with Crippen LogP contribution in [0.25, 0.3) is 0 Å². The molecule has 1 aliphatic heterocycles. The number of benzene rings is 1. The van der Waals surface area contributed by atoms with Crippen LogP contribution in [0.15, 0.2) is 34.2 Å². The summed E-state index contributed by atoms with van der Waals surface area (Å²) in [5, 5.41) is 3.28. The first-order valence-electron chi connectivity index (χ1n) is 8.42. The zero-order chi connectivity index (χ0) is 17.8. The topological polar surface area (TPSA) is 84.1 Å². The average molecular weight is 359 g/mol. The van der Waals surface area contributed by atoms with Gasteiger partial charge in [0.2, 0.25) is 5.91 Å². The van der Waals surface area contributed by atoms with Gasteiger partial charge in [-0.2, -0.15) is 0 Å². The molecule has 2 aromatic rings. The van der Waals surface area contributed by atoms with Crippen molar-refractivity contribution in [3.63, 3.8) is 0 Å². The van der Waals surface area contributed by atoms with Gasteiger partial charge in [0.25, 0.3) is 5.56 Å². The molecule has 132 valence electrons. The maximum Gasteiger partial charge on any atom is 0.257 e. The van der Waals surface area contributed by atoms with E-state index in [-0.39, 0.29) is 23.8 Å². The van der Waals surface area contributed by atoms with Crippen LogP contribution in [0.2, 0.25) is 0 Å². The molecule has 0 unspecified atom stereocenters. The highest BCUT2D eigenvalue weighted by Crippen LogP contribution is 2.38. The highest BCUT2D eigenvalue weighted by Gasteiger charge is 2.32. The Hall–Kier alpha value is -2.28. The molecule has 7 heteroatoms. The fourth-order valence-electron chi connectivity index (χ4n) is 2.94. The van der Waals surface area contributed by atoms with Crippen LogP contribution in [-0.4, -0.2) is 28.2 Å². The van der Waals surface area contributed by atoms with Gasteiger partial charge in [-0.3, -0.25) is 9.59 Å². The molecule has 0 fully saturated rings. The first-order valence-corrected chi connectivity index (χ1v) is 9.41. The van der Waals surface area contributed by atoms with Crippen LogP contribution >= 0.6 is 11.8 Å². The van der Waals surface area contributed by atoms with Crippen LogP contribution in [0.3, 0.4) is 0 Å². The van der Waals surface area contributed by atoms with Crippen molar-refractivity contribution in [3.05, 3.63) is 45.7 Å². The lowest BCUT2D eigenvalue weighted by Crippen LogP contribution is -2.31. The van der Waals surface area contributed by atoms with Crippen LogP contribution in [-0.2, 0) is 4.79 Å². The molecule has 0 radical (unpaired) electrons. The van der Waals surface area contributed by atoms with E-state index in [0.717, 1.165) is 17.7 Å². The molecule has 1 aliphatic rings. The molecule has 1 atom stereocenters. The normalized spacial score (nSPS) is 16.2. The number of nitrogens with zero attached hydrogens (tertiary/aromatic N) is 1. The number of nitrogens with one attached hydrogen (secondary N) is 2. The monoisotopic (exact) mass is 359 g/mol. The second-order valence-corrected chi connectivity index (χ2v) is 6.84. The molecule has 1 aromatic carbocycles. The lowest BCUT2D eigenvalue weighted by molar-refractivity contribution is -0.116. The van der Waals surface area contributed by atoms with E-state index in [9.17, 15) is 9.59 Å². The van der Waals surface area contributed by atoms with E-state index in [0.29, 0.717) is 28.9 Å². The minimum absolute atomic E-state index is 0.145. The lowest BCUT2D eigenvalue weighted by atomic mass is 9.86. The molecule has 25 heavy (non-hydrogen) atoms. The van der Waals surface area contributed by atoms with E-state index in [4.69, 9.17) is 4.74 Å². The standard InChI is InChI=1S/C18H21N3O3S/c1-3-9-25-18-20-16-15(17(23)21-18)12(10-14(22)19-16)11-7-5-6-8-13(11)24-4-2/h5-8,12H,3-4,9-10H2,1-2H3,(H2,19,20,21,22,23)/t12-/m0/s1. The number of H-pyrrole nitrogens is 1. The highest BCUT2D eigenvalue weighted by atomic mass is 32.2. The van der Waals surface area contributed by atoms with Crippen LogP contribution in [0.4, 0.5) is 5.82 Å². The Morgan fingerprint density at radius 3 is 2.84 bits per heavy atom. The molecule has 1 amide bonds. The second-order valence-electron chi connectivity index (χ2n) is 5.76. The number of amides is 1. The Morgan fingerprint density at radius 1 is 1.28 bits per heavy atom. The third-order valence-electron chi connectivity index (χ3n) is 3.97. The summed E-state index contributed by atoms with van der Waals surface area (Å²) in [6.45, 7) is 4.49. The second kappa shape index (κ2) is 7.74. The van der Waals surface area contributed by atoms with Gasteiger partial charge in [0.15, 0.2) is 5.16 Å². The summed E-state index contributed by atoms with van der Waals surface area (Å²) < 4.78 is 5.69. The quantitative estimate of drug-likeness (QED) is 0.611. The number of aromatic nitrogens is 2.